The van der Waals surface area contributed by atoms with Crippen molar-refractivity contribution < 1.29 is 4.79 Å². The Hall–Kier alpha value is -2.85. The molecule has 1 amide bonds. The number of carbonyl (C=O) groups is 1. The number of carbonyl (C=O) groups excluding carboxylic acids is 1. The number of hydrogen-bond acceptors (Lipinski definition) is 3. The van der Waals surface area contributed by atoms with Gasteiger partial charge in [0.25, 0.3) is 5.91 Å². The van der Waals surface area contributed by atoms with E-state index in [1.165, 1.54) is 0 Å². The average Bonchev–Trinajstić information content (AvgIpc) is 3.06. The molecule has 1 aliphatic rings. The Bertz CT molecular complexity index is 830. The maximum absolute atomic E-state index is 12.9. The number of allylic oxidation sites excluding steroid dienone is 4. The predicted molar refractivity (Wildman–Crippen MR) is 104 cm³/mol. The van der Waals surface area contributed by atoms with E-state index in [1.54, 1.807) is 22.3 Å². The number of nitrogens with two attached hydrogens (primary N) is 1. The molecule has 1 heterocycles. The lowest BCUT2D eigenvalue weighted by atomic mass is 10.2. The first-order valence-corrected chi connectivity index (χ1v) is 9.01. The second-order valence-corrected chi connectivity index (χ2v) is 6.68. The lowest BCUT2D eigenvalue weighted by Gasteiger charge is -2.23. The molecule has 0 saturated heterocycles. The van der Waals surface area contributed by atoms with Crippen molar-refractivity contribution in [1.29, 1.82) is 0 Å². The highest BCUT2D eigenvalue weighted by molar-refractivity contribution is 7.09. The fourth-order valence-electron chi connectivity index (χ4n) is 2.56. The molecule has 0 atom stereocenters. The zero-order valence-electron chi connectivity index (χ0n) is 13.8. The van der Waals surface area contributed by atoms with E-state index in [0.29, 0.717) is 18.7 Å². The first-order valence-electron chi connectivity index (χ1n) is 8.13. The Kier molecular flexibility index (Phi) is 5.65. The summed E-state index contributed by atoms with van der Waals surface area (Å²) in [6.07, 6.45) is 11.8. The van der Waals surface area contributed by atoms with Crippen LogP contribution in [-0.2, 0) is 11.3 Å². The van der Waals surface area contributed by atoms with Crippen LogP contribution in [0.5, 0.6) is 0 Å². The van der Waals surface area contributed by atoms with Crippen molar-refractivity contribution in [3.63, 3.8) is 0 Å². The van der Waals surface area contributed by atoms with Crippen molar-refractivity contribution in [3.8, 4) is 0 Å². The Morgan fingerprint density at radius 2 is 2.00 bits per heavy atom. The summed E-state index contributed by atoms with van der Waals surface area (Å²) in [5.74, 6) is -0.0817. The normalized spacial score (nSPS) is 14.1. The molecule has 0 aliphatic heterocycles. The molecule has 2 aromatic rings. The summed E-state index contributed by atoms with van der Waals surface area (Å²) in [4.78, 5) is 15.8. The quantitative estimate of drug-likeness (QED) is 0.810. The van der Waals surface area contributed by atoms with Crippen LogP contribution in [-0.4, -0.2) is 10.8 Å². The summed E-state index contributed by atoms with van der Waals surface area (Å²) in [7, 11) is 0. The van der Waals surface area contributed by atoms with Crippen molar-refractivity contribution in [2.24, 2.45) is 5.73 Å². The van der Waals surface area contributed by atoms with Gasteiger partial charge in [-0.1, -0.05) is 54.6 Å². The highest BCUT2D eigenvalue weighted by Crippen LogP contribution is 2.21. The van der Waals surface area contributed by atoms with E-state index in [0.717, 1.165) is 16.1 Å². The van der Waals surface area contributed by atoms with Crippen LogP contribution in [0.2, 0.25) is 0 Å². The van der Waals surface area contributed by atoms with Crippen LogP contribution in [0.4, 0.5) is 0 Å². The molecule has 0 unspecified atom stereocenters. The topological polar surface area (TPSA) is 46.3 Å². The molecule has 1 aromatic carbocycles. The third-order valence-corrected chi connectivity index (χ3v) is 4.70. The van der Waals surface area contributed by atoms with E-state index < -0.39 is 0 Å². The largest absolute Gasteiger partial charge is 0.400 e. The minimum atomic E-state index is -0.0817. The van der Waals surface area contributed by atoms with Crippen molar-refractivity contribution >= 4 is 23.3 Å². The van der Waals surface area contributed by atoms with Gasteiger partial charge < -0.3 is 10.6 Å². The highest BCUT2D eigenvalue weighted by atomic mass is 32.1. The third kappa shape index (κ3) is 4.58. The molecule has 0 fully saturated rings. The molecule has 0 spiro atoms. The zero-order chi connectivity index (χ0) is 17.5. The van der Waals surface area contributed by atoms with E-state index >= 15 is 0 Å². The summed E-state index contributed by atoms with van der Waals surface area (Å²) in [6.45, 7) is 0.510. The molecule has 25 heavy (non-hydrogen) atoms. The lowest BCUT2D eigenvalue weighted by molar-refractivity contribution is -0.124. The van der Waals surface area contributed by atoms with E-state index in [2.05, 4.69) is 0 Å². The minimum Gasteiger partial charge on any atom is -0.400 e. The maximum Gasteiger partial charge on any atom is 0.251 e. The molecular weight excluding hydrogens is 328 g/mol. The standard InChI is InChI=1S/C21H20N2OS/c22-19-11-5-2-6-12-20(19)23(16-18-10-7-15-25-18)21(24)14-13-17-8-3-1-4-9-17/h1-10,12-15H,11,16,22H2/b14-13+. The number of benzene rings is 1. The second-order valence-electron chi connectivity index (χ2n) is 5.65. The van der Waals surface area contributed by atoms with Gasteiger partial charge in [-0.25, -0.2) is 0 Å². The molecule has 2 N–H and O–H groups in total. The van der Waals surface area contributed by atoms with Gasteiger partial charge in [-0.15, -0.1) is 11.3 Å². The second kappa shape index (κ2) is 8.31. The molecular formula is C21H20N2OS. The van der Waals surface area contributed by atoms with Crippen LogP contribution < -0.4 is 5.73 Å². The fraction of sp³-hybridized carbons (Fsp3) is 0.0952. The fourth-order valence-corrected chi connectivity index (χ4v) is 3.25. The van der Waals surface area contributed by atoms with Gasteiger partial charge in [0.1, 0.15) is 0 Å². The molecule has 3 nitrogen and oxygen atoms in total. The number of nitrogens with zero attached hydrogens (tertiary/aromatic N) is 1. The van der Waals surface area contributed by atoms with Gasteiger partial charge in [0, 0.05) is 23.1 Å². The average molecular weight is 348 g/mol. The van der Waals surface area contributed by atoms with Gasteiger partial charge in [0.05, 0.1) is 12.2 Å². The lowest BCUT2D eigenvalue weighted by Crippen LogP contribution is -2.29. The van der Waals surface area contributed by atoms with Crippen LogP contribution in [0.1, 0.15) is 16.9 Å². The van der Waals surface area contributed by atoms with E-state index in [9.17, 15) is 4.79 Å². The van der Waals surface area contributed by atoms with E-state index in [4.69, 9.17) is 5.73 Å². The molecule has 1 aliphatic carbocycles. The molecule has 3 rings (SSSR count). The predicted octanol–water partition coefficient (Wildman–Crippen LogP) is 4.48. The smallest absolute Gasteiger partial charge is 0.251 e. The summed E-state index contributed by atoms with van der Waals surface area (Å²) in [6, 6.07) is 13.8. The zero-order valence-corrected chi connectivity index (χ0v) is 14.7. The molecule has 4 heteroatoms. The van der Waals surface area contributed by atoms with Crippen molar-refractivity contribution in [2.75, 3.05) is 0 Å². The van der Waals surface area contributed by atoms with Gasteiger partial charge in [-0.3, -0.25) is 4.79 Å². The number of amides is 1. The van der Waals surface area contributed by atoms with Gasteiger partial charge in [-0.2, -0.15) is 0 Å². The van der Waals surface area contributed by atoms with Crippen molar-refractivity contribution in [2.45, 2.75) is 13.0 Å². The van der Waals surface area contributed by atoms with Crippen LogP contribution in [0, 0.1) is 0 Å². The molecule has 0 saturated carbocycles. The summed E-state index contributed by atoms with van der Waals surface area (Å²) >= 11 is 1.63. The first-order chi connectivity index (χ1) is 12.2. The maximum atomic E-state index is 12.9. The highest BCUT2D eigenvalue weighted by Gasteiger charge is 2.18. The SMILES string of the molecule is NC1=C(N(Cc2cccs2)C(=O)/C=C/c2ccccc2)C=CC=CC1. The number of thiophene rings is 1. The Balaban J connectivity index is 1.88. The van der Waals surface area contributed by atoms with Crippen LogP contribution in [0.3, 0.4) is 0 Å². The van der Waals surface area contributed by atoms with Gasteiger partial charge in [0.2, 0.25) is 0 Å². The molecule has 126 valence electrons. The summed E-state index contributed by atoms with van der Waals surface area (Å²) < 4.78 is 0. The van der Waals surface area contributed by atoms with Crippen molar-refractivity contribution in [3.05, 3.63) is 100 Å². The monoisotopic (exact) mass is 348 g/mol. The number of rotatable bonds is 5. The summed E-state index contributed by atoms with van der Waals surface area (Å²) in [5.41, 5.74) is 8.67. The Morgan fingerprint density at radius 3 is 2.76 bits per heavy atom. The van der Waals surface area contributed by atoms with E-state index in [-0.39, 0.29) is 5.91 Å². The van der Waals surface area contributed by atoms with Gasteiger partial charge in [0.15, 0.2) is 0 Å². The van der Waals surface area contributed by atoms with Gasteiger partial charge >= 0.3 is 0 Å². The Labute approximate surface area is 152 Å². The minimum absolute atomic E-state index is 0.0817. The first kappa shape index (κ1) is 17.0. The van der Waals surface area contributed by atoms with E-state index in [1.807, 2.05) is 78.2 Å². The van der Waals surface area contributed by atoms with Gasteiger partial charge in [-0.05, 0) is 29.2 Å². The Morgan fingerprint density at radius 1 is 1.16 bits per heavy atom. The summed E-state index contributed by atoms with van der Waals surface area (Å²) in [5, 5.41) is 2.01. The number of hydrogen-bond donors (Lipinski definition) is 1. The third-order valence-electron chi connectivity index (χ3n) is 3.84. The van der Waals surface area contributed by atoms with Crippen LogP contribution in [0.25, 0.3) is 6.08 Å². The van der Waals surface area contributed by atoms with Crippen molar-refractivity contribution in [1.82, 2.24) is 4.90 Å². The molecule has 0 bridgehead atoms. The molecule has 0 radical (unpaired) electrons. The van der Waals surface area contributed by atoms with Crippen LogP contribution >= 0.6 is 11.3 Å². The molecule has 1 aromatic heterocycles. The van der Waals surface area contributed by atoms with Crippen LogP contribution in [0.15, 0.2) is 89.6 Å².